The lowest BCUT2D eigenvalue weighted by Gasteiger charge is -2.17. The number of ether oxygens (including phenoxy) is 1. The van der Waals surface area contributed by atoms with Gasteiger partial charge in [0.2, 0.25) is 0 Å². The van der Waals surface area contributed by atoms with Crippen LogP contribution in [0.3, 0.4) is 0 Å². The average molecular weight is 452 g/mol. The van der Waals surface area contributed by atoms with Crippen LogP contribution in [0, 0.1) is 5.82 Å². The summed E-state index contributed by atoms with van der Waals surface area (Å²) in [5.74, 6) is 0.361. The van der Waals surface area contributed by atoms with Crippen LogP contribution in [-0.4, -0.2) is 6.10 Å². The Labute approximate surface area is 151 Å². The van der Waals surface area contributed by atoms with Gasteiger partial charge in [-0.2, -0.15) is 0 Å². The highest BCUT2D eigenvalue weighted by Gasteiger charge is 2.12. The van der Waals surface area contributed by atoms with Crippen molar-refractivity contribution in [3.63, 3.8) is 0 Å². The third kappa shape index (κ3) is 4.61. The molecule has 0 unspecified atom stereocenters. The monoisotopic (exact) mass is 449 g/mol. The molecule has 0 radical (unpaired) electrons. The Bertz CT molecular complexity index is 679. The van der Waals surface area contributed by atoms with Crippen molar-refractivity contribution in [1.29, 1.82) is 0 Å². The van der Waals surface area contributed by atoms with Crippen molar-refractivity contribution in [3.05, 3.63) is 55.7 Å². The number of anilines is 1. The molecule has 0 spiro atoms. The van der Waals surface area contributed by atoms with E-state index in [1.54, 1.807) is 12.1 Å². The molecule has 2 nitrogen and oxygen atoms in total. The molecule has 0 aromatic heterocycles. The van der Waals surface area contributed by atoms with Crippen LogP contribution in [0.25, 0.3) is 0 Å². The van der Waals surface area contributed by atoms with Gasteiger partial charge < -0.3 is 10.1 Å². The Morgan fingerprint density at radius 1 is 1.23 bits per heavy atom. The minimum Gasteiger partial charge on any atom is -0.489 e. The van der Waals surface area contributed by atoms with Gasteiger partial charge in [-0.05, 0) is 60.1 Å². The Morgan fingerprint density at radius 2 is 1.95 bits per heavy atom. The first-order chi connectivity index (χ1) is 10.4. The zero-order valence-electron chi connectivity index (χ0n) is 12.1. The van der Waals surface area contributed by atoms with Gasteiger partial charge in [0, 0.05) is 22.3 Å². The van der Waals surface area contributed by atoms with E-state index in [2.05, 4.69) is 37.2 Å². The van der Waals surface area contributed by atoms with Crippen molar-refractivity contribution < 1.29 is 9.13 Å². The minimum absolute atomic E-state index is 0.0662. The molecule has 1 N–H and O–H groups in total. The molecular formula is C16H15Br2ClFNO. The first-order valence-electron chi connectivity index (χ1n) is 6.70. The zero-order chi connectivity index (χ0) is 16.3. The summed E-state index contributed by atoms with van der Waals surface area (Å²) in [6.45, 7) is 4.49. The van der Waals surface area contributed by atoms with Crippen molar-refractivity contribution in [2.24, 2.45) is 0 Å². The number of hydrogen-bond donors (Lipinski definition) is 1. The van der Waals surface area contributed by atoms with E-state index < -0.39 is 5.82 Å². The molecule has 0 aliphatic rings. The summed E-state index contributed by atoms with van der Waals surface area (Å²) in [5.41, 5.74) is 1.73. The zero-order valence-corrected chi connectivity index (χ0v) is 16.0. The lowest BCUT2D eigenvalue weighted by Crippen LogP contribution is -2.10. The topological polar surface area (TPSA) is 21.3 Å². The van der Waals surface area contributed by atoms with Gasteiger partial charge in [-0.3, -0.25) is 0 Å². The predicted molar refractivity (Wildman–Crippen MR) is 96.3 cm³/mol. The molecule has 0 bridgehead atoms. The summed E-state index contributed by atoms with van der Waals surface area (Å²) < 4.78 is 20.9. The molecule has 0 saturated heterocycles. The van der Waals surface area contributed by atoms with Crippen molar-refractivity contribution in [2.75, 3.05) is 5.32 Å². The Balaban J connectivity index is 2.22. The van der Waals surface area contributed by atoms with Crippen LogP contribution in [0.5, 0.6) is 5.75 Å². The Hall–Kier alpha value is -0.780. The van der Waals surface area contributed by atoms with Crippen LogP contribution in [0.15, 0.2) is 39.3 Å². The lowest BCUT2D eigenvalue weighted by molar-refractivity contribution is 0.238. The Kier molecular flexibility index (Phi) is 6.12. The van der Waals surface area contributed by atoms with E-state index in [1.807, 2.05) is 26.0 Å². The molecule has 0 aliphatic heterocycles. The third-order valence-electron chi connectivity index (χ3n) is 2.84. The van der Waals surface area contributed by atoms with E-state index in [4.69, 9.17) is 16.3 Å². The molecule has 0 fully saturated rings. The average Bonchev–Trinajstić information content (AvgIpc) is 2.43. The van der Waals surface area contributed by atoms with Gasteiger partial charge in [-0.25, -0.2) is 4.39 Å². The van der Waals surface area contributed by atoms with Gasteiger partial charge in [0.15, 0.2) is 0 Å². The number of benzene rings is 2. The number of hydrogen-bond acceptors (Lipinski definition) is 2. The summed E-state index contributed by atoms with van der Waals surface area (Å²) in [6, 6.07) is 8.48. The fourth-order valence-corrected chi connectivity index (χ4v) is 3.50. The van der Waals surface area contributed by atoms with E-state index in [9.17, 15) is 4.39 Å². The van der Waals surface area contributed by atoms with Gasteiger partial charge in [0.25, 0.3) is 0 Å². The fourth-order valence-electron chi connectivity index (χ4n) is 1.92. The molecule has 118 valence electrons. The second-order valence-electron chi connectivity index (χ2n) is 5.02. The SMILES string of the molecule is CC(C)Oc1c(Br)cc(Br)cc1CNc1ccc(F)c(Cl)c1. The first-order valence-corrected chi connectivity index (χ1v) is 8.66. The highest BCUT2D eigenvalue weighted by Crippen LogP contribution is 2.34. The van der Waals surface area contributed by atoms with Crippen molar-refractivity contribution >= 4 is 49.1 Å². The third-order valence-corrected chi connectivity index (χ3v) is 4.18. The van der Waals surface area contributed by atoms with Gasteiger partial charge in [0.1, 0.15) is 11.6 Å². The highest BCUT2D eigenvalue weighted by atomic mass is 79.9. The fraction of sp³-hybridized carbons (Fsp3) is 0.250. The predicted octanol–water partition coefficient (Wildman–Crippen LogP) is 6.40. The van der Waals surface area contributed by atoms with Gasteiger partial charge in [-0.15, -0.1) is 0 Å². The first kappa shape index (κ1) is 17.6. The summed E-state index contributed by atoms with van der Waals surface area (Å²) in [6.07, 6.45) is 0.0662. The maximum Gasteiger partial charge on any atom is 0.141 e. The van der Waals surface area contributed by atoms with E-state index in [-0.39, 0.29) is 11.1 Å². The number of rotatable bonds is 5. The molecule has 0 saturated carbocycles. The number of halogens is 4. The Morgan fingerprint density at radius 3 is 2.59 bits per heavy atom. The summed E-state index contributed by atoms with van der Waals surface area (Å²) in [5, 5.41) is 3.32. The quantitative estimate of drug-likeness (QED) is 0.568. The van der Waals surface area contributed by atoms with Crippen molar-refractivity contribution in [3.8, 4) is 5.75 Å². The molecule has 2 aromatic carbocycles. The molecule has 2 rings (SSSR count). The summed E-state index contributed by atoms with van der Waals surface area (Å²) in [7, 11) is 0. The summed E-state index contributed by atoms with van der Waals surface area (Å²) in [4.78, 5) is 0. The van der Waals surface area contributed by atoms with Crippen LogP contribution in [0.1, 0.15) is 19.4 Å². The molecule has 0 heterocycles. The molecule has 22 heavy (non-hydrogen) atoms. The molecule has 0 amide bonds. The minimum atomic E-state index is -0.429. The molecule has 0 atom stereocenters. The van der Waals surface area contributed by atoms with Crippen LogP contribution in [0.4, 0.5) is 10.1 Å². The maximum atomic E-state index is 13.2. The van der Waals surface area contributed by atoms with E-state index in [1.165, 1.54) is 6.07 Å². The molecule has 0 aliphatic carbocycles. The van der Waals surface area contributed by atoms with Crippen LogP contribution in [-0.2, 0) is 6.54 Å². The van der Waals surface area contributed by atoms with Crippen LogP contribution < -0.4 is 10.1 Å². The van der Waals surface area contributed by atoms with Crippen molar-refractivity contribution in [1.82, 2.24) is 0 Å². The molecular weight excluding hydrogens is 436 g/mol. The van der Waals surface area contributed by atoms with Gasteiger partial charge in [0.05, 0.1) is 15.6 Å². The standard InChI is InChI=1S/C16H15Br2ClFNO/c1-9(2)22-16-10(5-11(17)6-13(16)18)8-21-12-3-4-15(20)14(19)7-12/h3-7,9,21H,8H2,1-2H3. The molecule has 6 heteroatoms. The smallest absolute Gasteiger partial charge is 0.141 e. The summed E-state index contributed by atoms with van der Waals surface area (Å²) >= 11 is 12.8. The van der Waals surface area contributed by atoms with Crippen LogP contribution in [0.2, 0.25) is 5.02 Å². The second-order valence-corrected chi connectivity index (χ2v) is 7.20. The molecule has 2 aromatic rings. The normalized spacial score (nSPS) is 10.9. The van der Waals surface area contributed by atoms with Gasteiger partial charge >= 0.3 is 0 Å². The van der Waals surface area contributed by atoms with Crippen molar-refractivity contribution in [2.45, 2.75) is 26.5 Å². The lowest BCUT2D eigenvalue weighted by atomic mass is 10.2. The van der Waals surface area contributed by atoms with E-state index in [0.29, 0.717) is 6.54 Å². The van der Waals surface area contributed by atoms with E-state index >= 15 is 0 Å². The second kappa shape index (κ2) is 7.66. The number of nitrogens with one attached hydrogen (secondary N) is 1. The largest absolute Gasteiger partial charge is 0.489 e. The van der Waals surface area contributed by atoms with E-state index in [0.717, 1.165) is 25.9 Å². The highest BCUT2D eigenvalue weighted by molar-refractivity contribution is 9.11. The maximum absolute atomic E-state index is 13.2. The van der Waals surface area contributed by atoms with Gasteiger partial charge in [-0.1, -0.05) is 27.5 Å². The van der Waals surface area contributed by atoms with Crippen LogP contribution >= 0.6 is 43.5 Å².